The van der Waals surface area contributed by atoms with E-state index >= 15 is 0 Å². The number of anilines is 1. The van der Waals surface area contributed by atoms with Crippen LogP contribution in [-0.2, 0) is 6.61 Å². The van der Waals surface area contributed by atoms with E-state index in [1.165, 1.54) is 13.2 Å². The Balaban J connectivity index is 2.19. The maximum Gasteiger partial charge on any atom is 0.165 e. The molecule has 3 nitrogen and oxygen atoms in total. The van der Waals surface area contributed by atoms with E-state index in [2.05, 4.69) is 5.32 Å². The molecule has 0 heterocycles. The lowest BCUT2D eigenvalue weighted by molar-refractivity contribution is 0.282. The minimum Gasteiger partial charge on any atom is -0.494 e. The molecule has 2 rings (SSSR count). The number of aliphatic hydroxyl groups excluding tert-OH is 1. The number of nitrogens with one attached hydrogen (secondary N) is 1. The molecule has 1 atom stereocenters. The summed E-state index contributed by atoms with van der Waals surface area (Å²) in [6.07, 6.45) is 0. The zero-order valence-corrected chi connectivity index (χ0v) is 11.6. The van der Waals surface area contributed by atoms with Crippen LogP contribution in [0.3, 0.4) is 0 Å². The average Bonchev–Trinajstić information content (AvgIpc) is 2.47. The highest BCUT2D eigenvalue weighted by molar-refractivity contribution is 5.52. The van der Waals surface area contributed by atoms with Crippen molar-refractivity contribution in [1.82, 2.24) is 0 Å². The number of methoxy groups -OCH3 is 1. The largest absolute Gasteiger partial charge is 0.494 e. The molecule has 0 radical (unpaired) electrons. The molecule has 4 heteroatoms. The van der Waals surface area contributed by atoms with Gasteiger partial charge in [-0.15, -0.1) is 0 Å². The third-order valence-electron chi connectivity index (χ3n) is 3.24. The summed E-state index contributed by atoms with van der Waals surface area (Å²) in [6.45, 7) is 1.91. The molecular formula is C16H18FNO2. The quantitative estimate of drug-likeness (QED) is 0.877. The molecule has 106 valence electrons. The summed E-state index contributed by atoms with van der Waals surface area (Å²) >= 11 is 0. The predicted molar refractivity (Wildman–Crippen MR) is 77.4 cm³/mol. The lowest BCUT2D eigenvalue weighted by Gasteiger charge is -2.18. The Kier molecular flexibility index (Phi) is 4.58. The number of benzene rings is 2. The van der Waals surface area contributed by atoms with Gasteiger partial charge in [0.15, 0.2) is 11.6 Å². The standard InChI is InChI=1S/C16H18FNO2/c1-11(12-7-8-16(20-2)14(17)9-12)18-15-6-4-3-5-13(15)10-19/h3-9,11,18-19H,10H2,1-2H3. The zero-order valence-electron chi connectivity index (χ0n) is 11.6. The van der Waals surface area contributed by atoms with E-state index in [1.54, 1.807) is 6.07 Å². The molecule has 2 aromatic carbocycles. The van der Waals surface area contributed by atoms with Gasteiger partial charge in [-0.2, -0.15) is 0 Å². The number of halogens is 1. The van der Waals surface area contributed by atoms with E-state index in [1.807, 2.05) is 37.3 Å². The summed E-state index contributed by atoms with van der Waals surface area (Å²) in [5.74, 6) is -0.147. The Morgan fingerprint density at radius 2 is 2.00 bits per heavy atom. The number of aliphatic hydroxyl groups is 1. The predicted octanol–water partition coefficient (Wildman–Crippen LogP) is 3.50. The maximum absolute atomic E-state index is 13.7. The van der Waals surface area contributed by atoms with Crippen LogP contribution in [-0.4, -0.2) is 12.2 Å². The molecule has 0 amide bonds. The van der Waals surface area contributed by atoms with Gasteiger partial charge in [-0.3, -0.25) is 0 Å². The molecule has 0 fully saturated rings. The highest BCUT2D eigenvalue weighted by Gasteiger charge is 2.11. The van der Waals surface area contributed by atoms with Gasteiger partial charge in [-0.05, 0) is 30.7 Å². The lowest BCUT2D eigenvalue weighted by Crippen LogP contribution is -2.09. The summed E-state index contributed by atoms with van der Waals surface area (Å²) in [6, 6.07) is 12.3. The van der Waals surface area contributed by atoms with E-state index in [-0.39, 0.29) is 24.2 Å². The Morgan fingerprint density at radius 3 is 2.65 bits per heavy atom. The monoisotopic (exact) mass is 275 g/mol. The Morgan fingerprint density at radius 1 is 1.25 bits per heavy atom. The summed E-state index contributed by atoms with van der Waals surface area (Å²) < 4.78 is 18.6. The summed E-state index contributed by atoms with van der Waals surface area (Å²) in [7, 11) is 1.44. The summed E-state index contributed by atoms with van der Waals surface area (Å²) in [5.41, 5.74) is 2.48. The first-order valence-electron chi connectivity index (χ1n) is 6.44. The van der Waals surface area contributed by atoms with Crippen molar-refractivity contribution < 1.29 is 14.2 Å². The van der Waals surface area contributed by atoms with E-state index in [0.29, 0.717) is 0 Å². The lowest BCUT2D eigenvalue weighted by atomic mass is 10.1. The van der Waals surface area contributed by atoms with Crippen molar-refractivity contribution >= 4 is 5.69 Å². The van der Waals surface area contributed by atoms with E-state index in [9.17, 15) is 9.50 Å². The van der Waals surface area contributed by atoms with Crippen LogP contribution < -0.4 is 10.1 Å². The van der Waals surface area contributed by atoms with Gasteiger partial charge in [0, 0.05) is 17.3 Å². The van der Waals surface area contributed by atoms with Gasteiger partial charge in [0.1, 0.15) is 0 Å². The van der Waals surface area contributed by atoms with Gasteiger partial charge in [-0.1, -0.05) is 24.3 Å². The Hall–Kier alpha value is -2.07. The average molecular weight is 275 g/mol. The molecule has 1 unspecified atom stereocenters. The van der Waals surface area contributed by atoms with Crippen LogP contribution in [0.5, 0.6) is 5.75 Å². The SMILES string of the molecule is COc1ccc(C(C)Nc2ccccc2CO)cc1F. The fourth-order valence-corrected chi connectivity index (χ4v) is 2.07. The van der Waals surface area contributed by atoms with Crippen LogP contribution in [0.15, 0.2) is 42.5 Å². The Bertz CT molecular complexity index is 586. The van der Waals surface area contributed by atoms with E-state index < -0.39 is 0 Å². The highest BCUT2D eigenvalue weighted by Crippen LogP contribution is 2.25. The van der Waals surface area contributed by atoms with Crippen LogP contribution in [0.25, 0.3) is 0 Å². The molecule has 0 aliphatic carbocycles. The van der Waals surface area contributed by atoms with E-state index in [0.717, 1.165) is 16.8 Å². The number of para-hydroxylation sites is 1. The molecular weight excluding hydrogens is 257 g/mol. The minimum absolute atomic E-state index is 0.0349. The fourth-order valence-electron chi connectivity index (χ4n) is 2.07. The highest BCUT2D eigenvalue weighted by atomic mass is 19.1. The van der Waals surface area contributed by atoms with Crippen LogP contribution in [0.2, 0.25) is 0 Å². The van der Waals surface area contributed by atoms with Crippen molar-refractivity contribution in [2.75, 3.05) is 12.4 Å². The first-order chi connectivity index (χ1) is 9.65. The molecule has 0 spiro atoms. The summed E-state index contributed by atoms with van der Waals surface area (Å²) in [5, 5.41) is 12.6. The maximum atomic E-state index is 13.7. The molecule has 0 saturated carbocycles. The summed E-state index contributed by atoms with van der Waals surface area (Å²) in [4.78, 5) is 0. The van der Waals surface area contributed by atoms with Crippen molar-refractivity contribution in [3.8, 4) is 5.75 Å². The van der Waals surface area contributed by atoms with Gasteiger partial charge in [0.05, 0.1) is 13.7 Å². The minimum atomic E-state index is -0.380. The van der Waals surface area contributed by atoms with Crippen molar-refractivity contribution in [2.24, 2.45) is 0 Å². The van der Waals surface area contributed by atoms with Crippen molar-refractivity contribution in [3.05, 3.63) is 59.4 Å². The Labute approximate surface area is 118 Å². The zero-order chi connectivity index (χ0) is 14.5. The number of hydrogen-bond donors (Lipinski definition) is 2. The van der Waals surface area contributed by atoms with Gasteiger partial charge in [0.25, 0.3) is 0 Å². The van der Waals surface area contributed by atoms with Crippen LogP contribution >= 0.6 is 0 Å². The number of ether oxygens (including phenoxy) is 1. The van der Waals surface area contributed by atoms with Gasteiger partial charge < -0.3 is 15.2 Å². The topological polar surface area (TPSA) is 41.5 Å². The normalized spacial score (nSPS) is 12.0. The third-order valence-corrected chi connectivity index (χ3v) is 3.24. The van der Waals surface area contributed by atoms with Crippen molar-refractivity contribution in [2.45, 2.75) is 19.6 Å². The number of rotatable bonds is 5. The van der Waals surface area contributed by atoms with Crippen LogP contribution in [0, 0.1) is 5.82 Å². The molecule has 0 aliphatic rings. The van der Waals surface area contributed by atoms with Gasteiger partial charge >= 0.3 is 0 Å². The molecule has 20 heavy (non-hydrogen) atoms. The van der Waals surface area contributed by atoms with Gasteiger partial charge in [-0.25, -0.2) is 4.39 Å². The molecule has 0 bridgehead atoms. The second-order valence-corrected chi connectivity index (χ2v) is 4.58. The van der Waals surface area contributed by atoms with E-state index in [4.69, 9.17) is 4.74 Å². The van der Waals surface area contributed by atoms with Crippen molar-refractivity contribution in [3.63, 3.8) is 0 Å². The van der Waals surface area contributed by atoms with Crippen LogP contribution in [0.1, 0.15) is 24.1 Å². The second-order valence-electron chi connectivity index (χ2n) is 4.58. The molecule has 0 saturated heterocycles. The first-order valence-corrected chi connectivity index (χ1v) is 6.44. The third kappa shape index (κ3) is 3.08. The number of hydrogen-bond acceptors (Lipinski definition) is 3. The smallest absolute Gasteiger partial charge is 0.165 e. The van der Waals surface area contributed by atoms with Gasteiger partial charge in [0.2, 0.25) is 0 Å². The van der Waals surface area contributed by atoms with Crippen molar-refractivity contribution in [1.29, 1.82) is 0 Å². The van der Waals surface area contributed by atoms with Crippen LogP contribution in [0.4, 0.5) is 10.1 Å². The fraction of sp³-hybridized carbons (Fsp3) is 0.250. The molecule has 2 N–H and O–H groups in total. The molecule has 0 aliphatic heterocycles. The first kappa shape index (κ1) is 14.3. The molecule has 2 aromatic rings. The second kappa shape index (κ2) is 6.39. The molecule has 0 aromatic heterocycles.